The fourth-order valence-electron chi connectivity index (χ4n) is 4.10. The van der Waals surface area contributed by atoms with Crippen LogP contribution >= 0.6 is 11.6 Å². The first-order valence-corrected chi connectivity index (χ1v) is 11.4. The number of benzene rings is 2. The standard InChI is InChI=1S/C25H22ClF2N3O4/c1-30-5-4-16(7-23(30)26)15-2-3-21(19(28)6-15)34-12-14-10-31(11-14)25(33)17-8-20-22(9-18(17)27)35-13-24(32)29-20/h2-4,6-9,14H,5,10-13H2,1H3,(H,29,32). The van der Waals surface area contributed by atoms with Gasteiger partial charge in [0.15, 0.2) is 18.2 Å². The van der Waals surface area contributed by atoms with E-state index >= 15 is 0 Å². The Morgan fingerprint density at radius 3 is 2.77 bits per heavy atom. The van der Waals surface area contributed by atoms with Crippen molar-refractivity contribution in [3.8, 4) is 11.5 Å². The zero-order valence-electron chi connectivity index (χ0n) is 18.8. The average Bonchev–Trinajstić information content (AvgIpc) is 2.80. The Kier molecular flexibility index (Phi) is 6.10. The molecule has 0 aromatic heterocycles. The van der Waals surface area contributed by atoms with E-state index in [4.69, 9.17) is 21.1 Å². The zero-order valence-corrected chi connectivity index (χ0v) is 19.6. The summed E-state index contributed by atoms with van der Waals surface area (Å²) in [5.41, 5.74) is 1.66. The van der Waals surface area contributed by atoms with Crippen molar-refractivity contribution in [2.45, 2.75) is 0 Å². The Bertz CT molecular complexity index is 1270. The summed E-state index contributed by atoms with van der Waals surface area (Å²) in [5.74, 6) is -1.77. The van der Waals surface area contributed by atoms with Gasteiger partial charge in [-0.1, -0.05) is 23.7 Å². The molecule has 0 aliphatic carbocycles. The molecule has 1 N–H and O–H groups in total. The molecule has 1 fully saturated rings. The molecule has 35 heavy (non-hydrogen) atoms. The molecule has 0 atom stereocenters. The number of carbonyl (C=O) groups excluding carboxylic acids is 2. The SMILES string of the molecule is CN1CC=C(c2ccc(OCC3CN(C(=O)c4cc5c(cc4F)OCC(=O)N5)C3)c(F)c2)C=C1Cl. The van der Waals surface area contributed by atoms with Crippen LogP contribution in [0.1, 0.15) is 15.9 Å². The van der Waals surface area contributed by atoms with E-state index in [1.807, 2.05) is 18.0 Å². The summed E-state index contributed by atoms with van der Waals surface area (Å²) in [4.78, 5) is 27.6. The van der Waals surface area contributed by atoms with Gasteiger partial charge in [0.05, 0.1) is 17.9 Å². The summed E-state index contributed by atoms with van der Waals surface area (Å²) >= 11 is 6.17. The highest BCUT2D eigenvalue weighted by Crippen LogP contribution is 2.32. The van der Waals surface area contributed by atoms with Gasteiger partial charge < -0.3 is 24.6 Å². The third-order valence-electron chi connectivity index (χ3n) is 6.14. The Morgan fingerprint density at radius 1 is 1.23 bits per heavy atom. The predicted molar refractivity (Wildman–Crippen MR) is 126 cm³/mol. The van der Waals surface area contributed by atoms with E-state index < -0.39 is 17.5 Å². The quantitative estimate of drug-likeness (QED) is 0.630. The van der Waals surface area contributed by atoms with Gasteiger partial charge in [0, 0.05) is 38.7 Å². The van der Waals surface area contributed by atoms with Crippen molar-refractivity contribution in [1.29, 1.82) is 0 Å². The number of rotatable bonds is 5. The third kappa shape index (κ3) is 4.68. The molecule has 3 heterocycles. The second-order valence-electron chi connectivity index (χ2n) is 8.70. The fourth-order valence-corrected chi connectivity index (χ4v) is 4.29. The molecule has 10 heteroatoms. The van der Waals surface area contributed by atoms with Crippen molar-refractivity contribution in [3.63, 3.8) is 0 Å². The first-order valence-electron chi connectivity index (χ1n) is 11.0. The van der Waals surface area contributed by atoms with Crippen LogP contribution in [0.25, 0.3) is 5.57 Å². The molecule has 3 aliphatic rings. The summed E-state index contributed by atoms with van der Waals surface area (Å²) in [5, 5.41) is 3.15. The molecule has 0 bridgehead atoms. The normalized spacial score (nSPS) is 17.5. The highest BCUT2D eigenvalue weighted by Gasteiger charge is 2.34. The molecule has 0 spiro atoms. The van der Waals surface area contributed by atoms with Gasteiger partial charge in [-0.15, -0.1) is 0 Å². The minimum Gasteiger partial charge on any atom is -0.490 e. The molecular weight excluding hydrogens is 480 g/mol. The second kappa shape index (κ2) is 9.22. The molecule has 0 unspecified atom stereocenters. The van der Waals surface area contributed by atoms with Crippen LogP contribution in [0.4, 0.5) is 14.5 Å². The van der Waals surface area contributed by atoms with Crippen molar-refractivity contribution < 1.29 is 27.8 Å². The third-order valence-corrected chi connectivity index (χ3v) is 6.54. The average molecular weight is 502 g/mol. The summed E-state index contributed by atoms with van der Waals surface area (Å²) in [6.07, 6.45) is 3.75. The lowest BCUT2D eigenvalue weighted by atomic mass is 9.99. The van der Waals surface area contributed by atoms with E-state index in [1.54, 1.807) is 18.2 Å². The molecule has 182 valence electrons. The first-order chi connectivity index (χ1) is 16.8. The maximum absolute atomic E-state index is 14.6. The number of anilines is 1. The molecule has 7 nitrogen and oxygen atoms in total. The number of nitrogens with zero attached hydrogens (tertiary/aromatic N) is 2. The molecule has 0 saturated carbocycles. The predicted octanol–water partition coefficient (Wildman–Crippen LogP) is 3.86. The number of hydrogen-bond acceptors (Lipinski definition) is 5. The van der Waals surface area contributed by atoms with Gasteiger partial charge in [0.2, 0.25) is 0 Å². The van der Waals surface area contributed by atoms with E-state index in [0.29, 0.717) is 30.4 Å². The lowest BCUT2D eigenvalue weighted by molar-refractivity contribution is -0.118. The fraction of sp³-hybridized carbons (Fsp3) is 0.280. The van der Waals surface area contributed by atoms with Crippen LogP contribution in [0.3, 0.4) is 0 Å². The molecule has 3 aliphatic heterocycles. The molecular formula is C25H22ClF2N3O4. The number of fused-ring (bicyclic) bond motifs is 1. The van der Waals surface area contributed by atoms with Crippen molar-refractivity contribution in [2.75, 3.05) is 45.2 Å². The maximum atomic E-state index is 14.6. The molecule has 2 aromatic rings. The van der Waals surface area contributed by atoms with Gasteiger partial charge >= 0.3 is 0 Å². The molecule has 5 rings (SSSR count). The van der Waals surface area contributed by atoms with Gasteiger partial charge in [-0.25, -0.2) is 8.78 Å². The number of likely N-dealkylation sites (tertiary alicyclic amines) is 1. The summed E-state index contributed by atoms with van der Waals surface area (Å²) in [6, 6.07) is 7.14. The van der Waals surface area contributed by atoms with Crippen molar-refractivity contribution in [2.24, 2.45) is 5.92 Å². The number of hydrogen-bond donors (Lipinski definition) is 1. The molecule has 1 saturated heterocycles. The second-order valence-corrected chi connectivity index (χ2v) is 9.09. The largest absolute Gasteiger partial charge is 0.490 e. The highest BCUT2D eigenvalue weighted by atomic mass is 35.5. The van der Waals surface area contributed by atoms with E-state index in [0.717, 1.165) is 11.6 Å². The number of likely N-dealkylation sites (N-methyl/N-ethyl adjacent to an activating group) is 1. The number of amides is 2. The maximum Gasteiger partial charge on any atom is 0.262 e. The zero-order chi connectivity index (χ0) is 24.7. The van der Waals surface area contributed by atoms with Crippen LogP contribution in [0.15, 0.2) is 47.6 Å². The van der Waals surface area contributed by atoms with E-state index in [1.165, 1.54) is 17.0 Å². The molecule has 2 aromatic carbocycles. The van der Waals surface area contributed by atoms with Gasteiger partial charge in [-0.2, -0.15) is 0 Å². The summed E-state index contributed by atoms with van der Waals surface area (Å²) in [7, 11) is 1.87. The van der Waals surface area contributed by atoms with Gasteiger partial charge in [0.1, 0.15) is 16.7 Å². The summed E-state index contributed by atoms with van der Waals surface area (Å²) in [6.45, 7) is 1.36. The Hall–Kier alpha value is -3.59. The van der Waals surface area contributed by atoms with Crippen LogP contribution in [-0.4, -0.2) is 61.5 Å². The molecule has 0 radical (unpaired) electrons. The van der Waals surface area contributed by atoms with Gasteiger partial charge in [-0.3, -0.25) is 9.59 Å². The lowest BCUT2D eigenvalue weighted by Crippen LogP contribution is -2.52. The monoisotopic (exact) mass is 501 g/mol. The van der Waals surface area contributed by atoms with Crippen molar-refractivity contribution in [1.82, 2.24) is 9.80 Å². The highest BCUT2D eigenvalue weighted by molar-refractivity contribution is 6.30. The lowest BCUT2D eigenvalue weighted by Gasteiger charge is -2.39. The smallest absolute Gasteiger partial charge is 0.262 e. The van der Waals surface area contributed by atoms with E-state index in [2.05, 4.69) is 5.32 Å². The van der Waals surface area contributed by atoms with Crippen LogP contribution in [0.5, 0.6) is 11.5 Å². The Balaban J connectivity index is 1.16. The number of allylic oxidation sites excluding steroid dienone is 2. The van der Waals surface area contributed by atoms with Crippen molar-refractivity contribution in [3.05, 3.63) is 70.4 Å². The Labute approximate surface area is 205 Å². The number of halogens is 3. The summed E-state index contributed by atoms with van der Waals surface area (Å²) < 4.78 is 39.9. The minimum atomic E-state index is -0.720. The topological polar surface area (TPSA) is 71.1 Å². The van der Waals surface area contributed by atoms with Crippen LogP contribution in [-0.2, 0) is 4.79 Å². The number of nitrogens with one attached hydrogen (secondary N) is 1. The van der Waals surface area contributed by atoms with E-state index in [-0.39, 0.29) is 47.8 Å². The van der Waals surface area contributed by atoms with Gasteiger partial charge in [-0.05, 0) is 35.4 Å². The van der Waals surface area contributed by atoms with Crippen LogP contribution < -0.4 is 14.8 Å². The van der Waals surface area contributed by atoms with Crippen LogP contribution in [0, 0.1) is 17.6 Å². The first kappa shape index (κ1) is 23.2. The van der Waals surface area contributed by atoms with E-state index in [9.17, 15) is 18.4 Å². The van der Waals surface area contributed by atoms with Crippen LogP contribution in [0.2, 0.25) is 0 Å². The number of ether oxygens (including phenoxy) is 2. The number of carbonyl (C=O) groups is 2. The van der Waals surface area contributed by atoms with Gasteiger partial charge in [0.25, 0.3) is 11.8 Å². The van der Waals surface area contributed by atoms with Crippen molar-refractivity contribution >= 4 is 34.7 Å². The molecule has 2 amide bonds. The minimum absolute atomic E-state index is 0.0138. The Morgan fingerprint density at radius 2 is 2.03 bits per heavy atom.